The summed E-state index contributed by atoms with van der Waals surface area (Å²) in [6, 6.07) is 6.82. The molecule has 9 nitrogen and oxygen atoms in total. The van der Waals surface area contributed by atoms with Crippen molar-refractivity contribution in [1.29, 1.82) is 0 Å². The third-order valence-electron chi connectivity index (χ3n) is 6.42. The molecule has 0 aromatic carbocycles. The lowest BCUT2D eigenvalue weighted by atomic mass is 9.92. The molecule has 2 aromatic rings. The van der Waals surface area contributed by atoms with Gasteiger partial charge in [-0.05, 0) is 56.4 Å². The van der Waals surface area contributed by atoms with E-state index >= 15 is 0 Å². The summed E-state index contributed by atoms with van der Waals surface area (Å²) >= 11 is 0. The molecule has 0 bridgehead atoms. The second-order valence-electron chi connectivity index (χ2n) is 8.68. The van der Waals surface area contributed by atoms with Crippen LogP contribution in [0, 0.1) is 18.8 Å². The van der Waals surface area contributed by atoms with Crippen molar-refractivity contribution in [1.82, 2.24) is 19.2 Å². The molecule has 2 amide bonds. The van der Waals surface area contributed by atoms with Crippen molar-refractivity contribution in [3.8, 4) is 0 Å². The zero-order chi connectivity index (χ0) is 23.4. The molecule has 2 aromatic heterocycles. The van der Waals surface area contributed by atoms with Gasteiger partial charge in [0.25, 0.3) is 0 Å². The van der Waals surface area contributed by atoms with E-state index in [2.05, 4.69) is 15.3 Å². The zero-order valence-electron chi connectivity index (χ0n) is 18.7. The van der Waals surface area contributed by atoms with Crippen LogP contribution < -0.4 is 5.32 Å². The summed E-state index contributed by atoms with van der Waals surface area (Å²) in [5.74, 6) is 0.202. The van der Waals surface area contributed by atoms with Gasteiger partial charge in [-0.1, -0.05) is 6.07 Å². The molecule has 10 heteroatoms. The highest BCUT2D eigenvalue weighted by Crippen LogP contribution is 2.27. The van der Waals surface area contributed by atoms with Gasteiger partial charge in [0.2, 0.25) is 21.8 Å². The predicted octanol–water partition coefficient (Wildman–Crippen LogP) is 2.06. The third kappa shape index (κ3) is 5.39. The number of sulfonamides is 1. The molecule has 2 aliphatic heterocycles. The van der Waals surface area contributed by atoms with Crippen LogP contribution in [0.4, 0.5) is 5.82 Å². The normalized spacial score (nSPS) is 18.8. The van der Waals surface area contributed by atoms with Crippen molar-refractivity contribution in [2.45, 2.75) is 37.5 Å². The SMILES string of the molecule is Cc1ccc(NC(=O)C2CCN(C(=O)C3CCN(S(=O)(=O)c4cccnc4)CC3)CC2)nc1. The number of rotatable bonds is 5. The molecule has 176 valence electrons. The quantitative estimate of drug-likeness (QED) is 0.714. The van der Waals surface area contributed by atoms with Crippen LogP contribution in [0.2, 0.25) is 0 Å². The fourth-order valence-corrected chi connectivity index (χ4v) is 5.82. The van der Waals surface area contributed by atoms with E-state index in [1.807, 2.05) is 17.9 Å². The fraction of sp³-hybridized carbons (Fsp3) is 0.478. The molecule has 2 aliphatic rings. The van der Waals surface area contributed by atoms with Crippen molar-refractivity contribution in [2.75, 3.05) is 31.5 Å². The van der Waals surface area contributed by atoms with Gasteiger partial charge in [-0.15, -0.1) is 0 Å². The first kappa shape index (κ1) is 23.3. The van der Waals surface area contributed by atoms with E-state index in [1.54, 1.807) is 18.3 Å². The van der Waals surface area contributed by atoms with Crippen molar-refractivity contribution in [2.24, 2.45) is 11.8 Å². The van der Waals surface area contributed by atoms with Crippen LogP contribution in [0.25, 0.3) is 0 Å². The molecular formula is C23H29N5O4S. The number of piperidine rings is 2. The molecule has 0 saturated carbocycles. The molecule has 4 heterocycles. The number of hydrogen-bond acceptors (Lipinski definition) is 6. The van der Waals surface area contributed by atoms with Crippen LogP contribution in [0.1, 0.15) is 31.2 Å². The largest absolute Gasteiger partial charge is 0.342 e. The minimum absolute atomic E-state index is 0.0625. The molecule has 0 radical (unpaired) electrons. The van der Waals surface area contributed by atoms with Gasteiger partial charge in [0.1, 0.15) is 10.7 Å². The third-order valence-corrected chi connectivity index (χ3v) is 8.30. The summed E-state index contributed by atoms with van der Waals surface area (Å²) in [4.78, 5) is 35.7. The number of carbonyl (C=O) groups is 2. The zero-order valence-corrected chi connectivity index (χ0v) is 19.5. The first-order valence-corrected chi connectivity index (χ1v) is 12.7. The highest BCUT2D eigenvalue weighted by atomic mass is 32.2. The highest BCUT2D eigenvalue weighted by molar-refractivity contribution is 7.89. The first-order chi connectivity index (χ1) is 15.8. The standard InChI is InChI=1S/C23H29N5O4S/c1-17-4-5-21(25-15-17)26-22(29)18-6-11-27(12-7-18)23(30)19-8-13-28(14-9-19)33(31,32)20-3-2-10-24-16-20/h2-5,10,15-16,18-19H,6-9,11-14H2,1H3,(H,25,26,29). The first-order valence-electron chi connectivity index (χ1n) is 11.3. The van der Waals surface area contributed by atoms with E-state index in [-0.39, 0.29) is 28.5 Å². The Kier molecular flexibility index (Phi) is 7.04. The van der Waals surface area contributed by atoms with Crippen molar-refractivity contribution in [3.05, 3.63) is 48.4 Å². The summed E-state index contributed by atoms with van der Waals surface area (Å²) in [7, 11) is -3.58. The second-order valence-corrected chi connectivity index (χ2v) is 10.6. The topological polar surface area (TPSA) is 113 Å². The lowest BCUT2D eigenvalue weighted by molar-refractivity contribution is -0.139. The second kappa shape index (κ2) is 9.96. The van der Waals surface area contributed by atoms with E-state index in [4.69, 9.17) is 0 Å². The van der Waals surface area contributed by atoms with E-state index in [0.29, 0.717) is 57.7 Å². The molecule has 0 unspecified atom stereocenters. The molecule has 4 rings (SSSR count). The number of hydrogen-bond donors (Lipinski definition) is 1. The Morgan fingerprint density at radius 2 is 1.67 bits per heavy atom. The van der Waals surface area contributed by atoms with Gasteiger partial charge < -0.3 is 10.2 Å². The summed E-state index contributed by atoms with van der Waals surface area (Å²) in [6.07, 6.45) is 6.81. The maximum absolute atomic E-state index is 13.0. The molecule has 0 spiro atoms. The van der Waals surface area contributed by atoms with Gasteiger partial charge in [0, 0.05) is 56.6 Å². The maximum Gasteiger partial charge on any atom is 0.244 e. The Morgan fingerprint density at radius 1 is 0.970 bits per heavy atom. The van der Waals surface area contributed by atoms with Crippen molar-refractivity contribution in [3.63, 3.8) is 0 Å². The molecule has 33 heavy (non-hydrogen) atoms. The van der Waals surface area contributed by atoms with Crippen LogP contribution >= 0.6 is 0 Å². The average Bonchev–Trinajstić information content (AvgIpc) is 2.85. The van der Waals surface area contributed by atoms with Crippen LogP contribution in [0.15, 0.2) is 47.8 Å². The minimum Gasteiger partial charge on any atom is -0.342 e. The summed E-state index contributed by atoms with van der Waals surface area (Å²) in [5, 5.41) is 2.86. The van der Waals surface area contributed by atoms with E-state index in [0.717, 1.165) is 5.56 Å². The lowest BCUT2D eigenvalue weighted by Crippen LogP contribution is -2.47. The monoisotopic (exact) mass is 471 g/mol. The van der Waals surface area contributed by atoms with Crippen molar-refractivity contribution < 1.29 is 18.0 Å². The van der Waals surface area contributed by atoms with Gasteiger partial charge in [0.15, 0.2) is 0 Å². The smallest absolute Gasteiger partial charge is 0.244 e. The number of carbonyl (C=O) groups excluding carboxylic acids is 2. The summed E-state index contributed by atoms with van der Waals surface area (Å²) in [5.41, 5.74) is 1.03. The molecule has 0 aliphatic carbocycles. The molecular weight excluding hydrogens is 442 g/mol. The van der Waals surface area contributed by atoms with Gasteiger partial charge >= 0.3 is 0 Å². The van der Waals surface area contributed by atoms with Crippen molar-refractivity contribution >= 4 is 27.7 Å². The molecule has 1 N–H and O–H groups in total. The van der Waals surface area contributed by atoms with Crippen LogP contribution in [-0.4, -0.2) is 65.6 Å². The van der Waals surface area contributed by atoms with E-state index in [9.17, 15) is 18.0 Å². The average molecular weight is 472 g/mol. The number of aryl methyl sites for hydroxylation is 1. The van der Waals surface area contributed by atoms with E-state index in [1.165, 1.54) is 22.8 Å². The minimum atomic E-state index is -3.58. The van der Waals surface area contributed by atoms with Crippen LogP contribution in [-0.2, 0) is 19.6 Å². The number of nitrogens with zero attached hydrogens (tertiary/aromatic N) is 4. The number of nitrogens with one attached hydrogen (secondary N) is 1. The van der Waals surface area contributed by atoms with Crippen LogP contribution in [0.3, 0.4) is 0 Å². The van der Waals surface area contributed by atoms with Gasteiger partial charge in [-0.25, -0.2) is 13.4 Å². The highest BCUT2D eigenvalue weighted by Gasteiger charge is 2.35. The van der Waals surface area contributed by atoms with Gasteiger partial charge in [0.05, 0.1) is 0 Å². The maximum atomic E-state index is 13.0. The summed E-state index contributed by atoms with van der Waals surface area (Å²) in [6.45, 7) is 3.64. The van der Waals surface area contributed by atoms with Crippen LogP contribution in [0.5, 0.6) is 0 Å². The van der Waals surface area contributed by atoms with Gasteiger partial charge in [-0.2, -0.15) is 4.31 Å². The Hall–Kier alpha value is -2.85. The molecule has 2 saturated heterocycles. The van der Waals surface area contributed by atoms with E-state index < -0.39 is 10.0 Å². The molecule has 0 atom stereocenters. The number of amides is 2. The Labute approximate surface area is 194 Å². The Bertz CT molecular complexity index is 1080. The number of aromatic nitrogens is 2. The number of likely N-dealkylation sites (tertiary alicyclic amines) is 1. The Morgan fingerprint density at radius 3 is 2.27 bits per heavy atom. The number of anilines is 1. The lowest BCUT2D eigenvalue weighted by Gasteiger charge is -2.36. The number of pyridine rings is 2. The van der Waals surface area contributed by atoms with Gasteiger partial charge in [-0.3, -0.25) is 14.6 Å². The molecule has 2 fully saturated rings. The Balaban J connectivity index is 1.26. The fourth-order valence-electron chi connectivity index (χ4n) is 4.38. The predicted molar refractivity (Wildman–Crippen MR) is 123 cm³/mol. The summed E-state index contributed by atoms with van der Waals surface area (Å²) < 4.78 is 27.0.